The Balaban J connectivity index is 1.13. The average molecular weight is 467 g/mol. The van der Waals surface area contributed by atoms with E-state index in [1.807, 2.05) is 28.8 Å². The van der Waals surface area contributed by atoms with Crippen molar-refractivity contribution in [2.75, 3.05) is 19.6 Å². The van der Waals surface area contributed by atoms with Gasteiger partial charge in [-0.2, -0.15) is 0 Å². The normalized spacial score (nSPS) is 32.7. The molecular weight excluding hydrogens is 432 g/mol. The lowest BCUT2D eigenvalue weighted by Crippen LogP contribution is -2.51. The fourth-order valence-electron chi connectivity index (χ4n) is 7.81. The highest BCUT2D eigenvalue weighted by molar-refractivity contribution is 5.93. The van der Waals surface area contributed by atoms with Crippen molar-refractivity contribution < 1.29 is 19.4 Å². The van der Waals surface area contributed by atoms with Crippen LogP contribution in [0.3, 0.4) is 0 Å². The lowest BCUT2D eigenvalue weighted by Gasteiger charge is -2.56. The number of likely N-dealkylation sites (tertiary alicyclic amines) is 1. The van der Waals surface area contributed by atoms with Crippen molar-refractivity contribution in [1.29, 1.82) is 0 Å². The van der Waals surface area contributed by atoms with Crippen LogP contribution in [0, 0.1) is 23.2 Å². The van der Waals surface area contributed by atoms with Crippen LogP contribution in [0.4, 0.5) is 4.79 Å². The molecule has 1 atom stereocenters. The molecule has 1 unspecified atom stereocenters. The first-order valence-corrected chi connectivity index (χ1v) is 12.8. The third-order valence-electron chi connectivity index (χ3n) is 8.68. The molecule has 0 aromatic carbocycles. The summed E-state index contributed by atoms with van der Waals surface area (Å²) in [4.78, 5) is 31.0. The number of aromatic nitrogens is 2. The first kappa shape index (κ1) is 21.9. The zero-order valence-electron chi connectivity index (χ0n) is 19.6. The number of fused-ring (bicyclic) bond motifs is 1. The van der Waals surface area contributed by atoms with E-state index in [1.165, 1.54) is 38.5 Å². The highest BCUT2D eigenvalue weighted by Crippen LogP contribution is 2.59. The van der Waals surface area contributed by atoms with Gasteiger partial charge < -0.3 is 15.2 Å². The quantitative estimate of drug-likeness (QED) is 0.626. The summed E-state index contributed by atoms with van der Waals surface area (Å²) in [7, 11) is 0. The second-order valence-corrected chi connectivity index (χ2v) is 11.4. The van der Waals surface area contributed by atoms with Gasteiger partial charge >= 0.3 is 6.16 Å². The van der Waals surface area contributed by atoms with Crippen molar-refractivity contribution in [3.8, 4) is 0 Å². The minimum absolute atomic E-state index is 0.0295. The van der Waals surface area contributed by atoms with Gasteiger partial charge in [0.25, 0.3) is 5.91 Å². The minimum atomic E-state index is -1.22. The molecule has 0 radical (unpaired) electrons. The Morgan fingerprint density at radius 2 is 1.88 bits per heavy atom. The van der Waals surface area contributed by atoms with E-state index in [4.69, 9.17) is 14.8 Å². The molecule has 182 valence electrons. The number of carboxylic acid groups (broad SMARTS) is 1. The molecule has 4 saturated carbocycles. The summed E-state index contributed by atoms with van der Waals surface area (Å²) in [6.07, 6.45) is 10.1. The van der Waals surface area contributed by atoms with Gasteiger partial charge in [-0.15, -0.1) is 0 Å². The summed E-state index contributed by atoms with van der Waals surface area (Å²) in [6, 6.07) is 5.68. The first-order valence-electron chi connectivity index (χ1n) is 12.8. The molecule has 8 nitrogen and oxygen atoms in total. The predicted molar refractivity (Wildman–Crippen MR) is 126 cm³/mol. The Kier molecular flexibility index (Phi) is 5.51. The number of pyridine rings is 1. The Bertz CT molecular complexity index is 1060. The van der Waals surface area contributed by atoms with Crippen molar-refractivity contribution in [2.45, 2.75) is 64.0 Å². The van der Waals surface area contributed by atoms with Crippen molar-refractivity contribution in [2.24, 2.45) is 23.2 Å². The van der Waals surface area contributed by atoms with Crippen LogP contribution in [0.15, 0.2) is 24.4 Å². The zero-order chi connectivity index (χ0) is 23.3. The molecule has 2 N–H and O–H groups in total. The van der Waals surface area contributed by atoms with E-state index in [1.54, 1.807) is 0 Å². The van der Waals surface area contributed by atoms with Gasteiger partial charge in [-0.1, -0.05) is 6.07 Å². The smallest absolute Gasteiger partial charge is 0.450 e. The zero-order valence-corrected chi connectivity index (χ0v) is 19.6. The predicted octanol–water partition coefficient (Wildman–Crippen LogP) is 3.94. The summed E-state index contributed by atoms with van der Waals surface area (Å²) >= 11 is 0. The van der Waals surface area contributed by atoms with Gasteiger partial charge in [0.2, 0.25) is 0 Å². The van der Waals surface area contributed by atoms with Crippen molar-refractivity contribution in [1.82, 2.24) is 19.6 Å². The largest absolute Gasteiger partial charge is 0.506 e. The van der Waals surface area contributed by atoms with Gasteiger partial charge in [0, 0.05) is 25.8 Å². The second kappa shape index (κ2) is 8.56. The molecule has 2 aromatic heterocycles. The molecule has 0 spiro atoms. The number of hydrogen-bond donors (Lipinski definition) is 2. The highest BCUT2D eigenvalue weighted by atomic mass is 16.7. The fourth-order valence-corrected chi connectivity index (χ4v) is 7.81. The molecule has 1 amide bonds. The van der Waals surface area contributed by atoms with Crippen molar-refractivity contribution in [3.05, 3.63) is 35.8 Å². The minimum Gasteiger partial charge on any atom is -0.450 e. The highest BCUT2D eigenvalue weighted by Gasteiger charge is 2.50. The number of ether oxygens (including phenoxy) is 1. The van der Waals surface area contributed by atoms with E-state index in [0.29, 0.717) is 24.2 Å². The summed E-state index contributed by atoms with van der Waals surface area (Å²) in [5.74, 6) is 2.59. The number of carbonyl (C=O) groups is 2. The van der Waals surface area contributed by atoms with Gasteiger partial charge in [0.15, 0.2) is 0 Å². The van der Waals surface area contributed by atoms with Crippen molar-refractivity contribution >= 4 is 17.7 Å². The van der Waals surface area contributed by atoms with E-state index in [9.17, 15) is 9.59 Å². The number of amides is 1. The number of nitrogens with zero attached hydrogens (tertiary/aromatic N) is 3. The Hall–Kier alpha value is -2.61. The van der Waals surface area contributed by atoms with Crippen LogP contribution < -0.4 is 5.32 Å². The summed E-state index contributed by atoms with van der Waals surface area (Å²) in [6.45, 7) is 2.84. The van der Waals surface area contributed by atoms with Crippen LogP contribution in [0.1, 0.15) is 67.5 Å². The molecule has 4 aliphatic carbocycles. The maximum atomic E-state index is 13.3. The molecule has 5 aliphatic rings. The molecule has 1 saturated heterocycles. The molecule has 8 heteroatoms. The number of imidazole rings is 1. The van der Waals surface area contributed by atoms with E-state index >= 15 is 0 Å². The topological polar surface area (TPSA) is 96.2 Å². The lowest BCUT2D eigenvalue weighted by molar-refractivity contribution is -0.0503. The Morgan fingerprint density at radius 3 is 2.59 bits per heavy atom. The number of nitrogens with one attached hydrogen (secondary N) is 1. The van der Waals surface area contributed by atoms with Crippen LogP contribution >= 0.6 is 0 Å². The van der Waals surface area contributed by atoms with E-state index in [0.717, 1.165) is 55.0 Å². The molecule has 3 heterocycles. The average Bonchev–Trinajstić information content (AvgIpc) is 3.19. The SMILES string of the molecule is O=C(O)OC1CCCN(Cc2cn3c(C(=O)NCC45CC6CC(CC(C6)C4)C5)cccc3n2)C1. The van der Waals surface area contributed by atoms with Gasteiger partial charge in [-0.25, -0.2) is 9.78 Å². The second-order valence-electron chi connectivity index (χ2n) is 11.4. The van der Waals surface area contributed by atoms with Gasteiger partial charge in [0.05, 0.1) is 5.69 Å². The monoisotopic (exact) mass is 466 g/mol. The first-order chi connectivity index (χ1) is 16.4. The van der Waals surface area contributed by atoms with Crippen LogP contribution in [-0.2, 0) is 11.3 Å². The Labute approximate surface area is 199 Å². The van der Waals surface area contributed by atoms with Gasteiger partial charge in [0.1, 0.15) is 17.4 Å². The molecular formula is C26H34N4O4. The number of carbonyl (C=O) groups excluding carboxylic acids is 1. The number of rotatable bonds is 6. The molecule has 4 bridgehead atoms. The molecule has 1 aliphatic heterocycles. The third kappa shape index (κ3) is 4.28. The van der Waals surface area contributed by atoms with E-state index in [2.05, 4.69) is 10.2 Å². The maximum Gasteiger partial charge on any atom is 0.506 e. The third-order valence-corrected chi connectivity index (χ3v) is 8.68. The van der Waals surface area contributed by atoms with E-state index < -0.39 is 6.16 Å². The standard InChI is InChI=1S/C26H34N4O4/c31-24(27-16-26-10-17-7-18(11-26)9-19(8-17)12-26)22-4-1-5-23-28-20(14-30(22)23)13-29-6-2-3-21(15-29)34-25(32)33/h1,4-5,14,17-19,21H,2-3,6-13,15-16H2,(H,27,31)(H,32,33). The van der Waals surface area contributed by atoms with Crippen molar-refractivity contribution in [3.63, 3.8) is 0 Å². The van der Waals surface area contributed by atoms with Crippen LogP contribution in [0.25, 0.3) is 5.65 Å². The lowest BCUT2D eigenvalue weighted by atomic mass is 9.49. The summed E-state index contributed by atoms with van der Waals surface area (Å²) < 4.78 is 6.87. The van der Waals surface area contributed by atoms with Crippen LogP contribution in [-0.4, -0.2) is 57.2 Å². The van der Waals surface area contributed by atoms with Crippen LogP contribution in [0.5, 0.6) is 0 Å². The van der Waals surface area contributed by atoms with Gasteiger partial charge in [-0.3, -0.25) is 14.1 Å². The van der Waals surface area contributed by atoms with Crippen LogP contribution in [0.2, 0.25) is 0 Å². The van der Waals surface area contributed by atoms with Gasteiger partial charge in [-0.05, 0) is 93.2 Å². The number of piperidine rings is 1. The molecule has 7 rings (SSSR count). The molecule has 34 heavy (non-hydrogen) atoms. The molecule has 2 aromatic rings. The Morgan fingerprint density at radius 1 is 1.15 bits per heavy atom. The molecule has 5 fully saturated rings. The maximum absolute atomic E-state index is 13.3. The van der Waals surface area contributed by atoms with E-state index in [-0.39, 0.29) is 12.0 Å². The summed E-state index contributed by atoms with van der Waals surface area (Å²) in [5, 5.41) is 12.2. The number of hydrogen-bond acceptors (Lipinski definition) is 5. The fraction of sp³-hybridized carbons (Fsp3) is 0.654. The summed E-state index contributed by atoms with van der Waals surface area (Å²) in [5.41, 5.74) is 2.55.